The Morgan fingerprint density at radius 1 is 1.44 bits per heavy atom. The highest BCUT2D eigenvalue weighted by molar-refractivity contribution is 5.88. The molecule has 2 rings (SSSR count). The van der Waals surface area contributed by atoms with Gasteiger partial charge < -0.3 is 19.3 Å². The number of aromatic carboxylic acids is 1. The second-order valence-corrected chi connectivity index (χ2v) is 3.45. The molecule has 1 fully saturated rings. The Labute approximate surface area is 92.5 Å². The molecule has 16 heavy (non-hydrogen) atoms. The Balaban J connectivity index is 2.19. The lowest BCUT2D eigenvalue weighted by Gasteiger charge is -2.27. The van der Waals surface area contributed by atoms with Crippen molar-refractivity contribution < 1.29 is 24.1 Å². The summed E-state index contributed by atoms with van der Waals surface area (Å²) in [4.78, 5) is 10.8. The quantitative estimate of drug-likeness (QED) is 0.831. The number of carboxylic acids is 1. The molecule has 0 bridgehead atoms. The molecular weight excluding hydrogens is 212 g/mol. The number of rotatable bonds is 4. The van der Waals surface area contributed by atoms with Gasteiger partial charge in [-0.05, 0) is 18.2 Å². The molecule has 5 heteroatoms. The van der Waals surface area contributed by atoms with Crippen molar-refractivity contribution in [2.75, 3.05) is 20.3 Å². The van der Waals surface area contributed by atoms with Gasteiger partial charge in [0.25, 0.3) is 0 Å². The van der Waals surface area contributed by atoms with E-state index in [1.165, 1.54) is 19.2 Å². The molecule has 1 heterocycles. The van der Waals surface area contributed by atoms with E-state index < -0.39 is 5.97 Å². The van der Waals surface area contributed by atoms with Crippen molar-refractivity contribution in [1.82, 2.24) is 0 Å². The molecule has 0 amide bonds. The van der Waals surface area contributed by atoms with Gasteiger partial charge in [-0.15, -0.1) is 0 Å². The predicted molar refractivity (Wildman–Crippen MR) is 55.2 cm³/mol. The average molecular weight is 224 g/mol. The zero-order chi connectivity index (χ0) is 11.5. The Bertz CT molecular complexity index is 397. The smallest absolute Gasteiger partial charge is 0.335 e. The maximum atomic E-state index is 10.8. The number of ether oxygens (including phenoxy) is 3. The highest BCUT2D eigenvalue weighted by Crippen LogP contribution is 2.29. The molecule has 0 unspecified atom stereocenters. The molecule has 1 saturated heterocycles. The minimum absolute atomic E-state index is 0.0320. The lowest BCUT2D eigenvalue weighted by Crippen LogP contribution is -2.38. The molecule has 0 aliphatic carbocycles. The molecule has 0 aromatic heterocycles. The first-order valence-corrected chi connectivity index (χ1v) is 4.86. The van der Waals surface area contributed by atoms with Crippen LogP contribution in [0.15, 0.2) is 18.2 Å². The first-order chi connectivity index (χ1) is 7.70. The number of hydrogen-bond acceptors (Lipinski definition) is 4. The summed E-state index contributed by atoms with van der Waals surface area (Å²) in [6, 6.07) is 4.53. The van der Waals surface area contributed by atoms with E-state index in [0.717, 1.165) is 0 Å². The fraction of sp³-hybridized carbons (Fsp3) is 0.364. The second kappa shape index (κ2) is 4.40. The van der Waals surface area contributed by atoms with Gasteiger partial charge in [0.15, 0.2) is 11.5 Å². The summed E-state index contributed by atoms with van der Waals surface area (Å²) in [6.45, 7) is 1.12. The third-order valence-corrected chi connectivity index (χ3v) is 2.31. The second-order valence-electron chi connectivity index (χ2n) is 3.45. The molecular formula is C11H12O5. The number of hydrogen-bond donors (Lipinski definition) is 1. The molecule has 0 spiro atoms. The first-order valence-electron chi connectivity index (χ1n) is 4.86. The number of methoxy groups -OCH3 is 1. The van der Waals surface area contributed by atoms with Crippen LogP contribution in [0.25, 0.3) is 0 Å². The van der Waals surface area contributed by atoms with Gasteiger partial charge in [0.1, 0.15) is 6.10 Å². The van der Waals surface area contributed by atoms with Crippen molar-refractivity contribution in [3.8, 4) is 11.5 Å². The fourth-order valence-electron chi connectivity index (χ4n) is 1.36. The van der Waals surface area contributed by atoms with Gasteiger partial charge in [-0.2, -0.15) is 0 Å². The van der Waals surface area contributed by atoms with E-state index >= 15 is 0 Å². The van der Waals surface area contributed by atoms with Crippen molar-refractivity contribution >= 4 is 5.97 Å². The normalized spacial score (nSPS) is 15.3. The summed E-state index contributed by atoms with van der Waals surface area (Å²) in [5, 5.41) is 8.82. The molecule has 5 nitrogen and oxygen atoms in total. The molecule has 1 aromatic rings. The molecule has 1 N–H and O–H groups in total. The summed E-state index contributed by atoms with van der Waals surface area (Å²) in [7, 11) is 1.48. The average Bonchev–Trinajstić information content (AvgIpc) is 2.23. The maximum absolute atomic E-state index is 10.8. The SMILES string of the molecule is COc1cc(C(=O)O)ccc1OC1COC1. The lowest BCUT2D eigenvalue weighted by atomic mass is 10.2. The van der Waals surface area contributed by atoms with Crippen LogP contribution in [-0.2, 0) is 4.74 Å². The minimum atomic E-state index is -0.989. The van der Waals surface area contributed by atoms with Crippen LogP contribution in [0.2, 0.25) is 0 Å². The molecule has 1 aromatic carbocycles. The van der Waals surface area contributed by atoms with Crippen molar-refractivity contribution in [2.24, 2.45) is 0 Å². The molecule has 0 saturated carbocycles. The van der Waals surface area contributed by atoms with Gasteiger partial charge in [0, 0.05) is 0 Å². The highest BCUT2D eigenvalue weighted by Gasteiger charge is 2.22. The summed E-state index contributed by atoms with van der Waals surface area (Å²) in [5.74, 6) is -0.0237. The van der Waals surface area contributed by atoms with Crippen LogP contribution in [-0.4, -0.2) is 37.5 Å². The third kappa shape index (κ3) is 2.09. The number of benzene rings is 1. The Hall–Kier alpha value is -1.75. The van der Waals surface area contributed by atoms with Crippen molar-refractivity contribution in [3.63, 3.8) is 0 Å². The van der Waals surface area contributed by atoms with E-state index in [-0.39, 0.29) is 11.7 Å². The van der Waals surface area contributed by atoms with Gasteiger partial charge in [-0.3, -0.25) is 0 Å². The topological polar surface area (TPSA) is 65.0 Å². The Morgan fingerprint density at radius 2 is 2.19 bits per heavy atom. The minimum Gasteiger partial charge on any atom is -0.493 e. The van der Waals surface area contributed by atoms with Crippen LogP contribution in [0.5, 0.6) is 11.5 Å². The Morgan fingerprint density at radius 3 is 2.69 bits per heavy atom. The fourth-order valence-corrected chi connectivity index (χ4v) is 1.36. The van der Waals surface area contributed by atoms with E-state index in [1.807, 2.05) is 0 Å². The zero-order valence-corrected chi connectivity index (χ0v) is 8.80. The van der Waals surface area contributed by atoms with Crippen LogP contribution in [0.1, 0.15) is 10.4 Å². The lowest BCUT2D eigenvalue weighted by molar-refractivity contribution is -0.0803. The summed E-state index contributed by atoms with van der Waals surface area (Å²) in [5.41, 5.74) is 0.175. The number of carbonyl (C=O) groups is 1. The molecule has 86 valence electrons. The van der Waals surface area contributed by atoms with Crippen LogP contribution in [0.3, 0.4) is 0 Å². The maximum Gasteiger partial charge on any atom is 0.335 e. The number of carboxylic acid groups (broad SMARTS) is 1. The Kier molecular flexibility index (Phi) is 2.96. The molecule has 1 aliphatic heterocycles. The third-order valence-electron chi connectivity index (χ3n) is 2.31. The summed E-state index contributed by atoms with van der Waals surface area (Å²) in [6.07, 6.45) is 0.0320. The molecule has 1 aliphatic rings. The van der Waals surface area contributed by atoms with Crippen LogP contribution < -0.4 is 9.47 Å². The van der Waals surface area contributed by atoms with Crippen molar-refractivity contribution in [3.05, 3.63) is 23.8 Å². The van der Waals surface area contributed by atoms with Crippen molar-refractivity contribution in [2.45, 2.75) is 6.10 Å². The van der Waals surface area contributed by atoms with E-state index in [2.05, 4.69) is 0 Å². The van der Waals surface area contributed by atoms with E-state index in [4.69, 9.17) is 19.3 Å². The largest absolute Gasteiger partial charge is 0.493 e. The van der Waals surface area contributed by atoms with Gasteiger partial charge in [0.2, 0.25) is 0 Å². The summed E-state index contributed by atoms with van der Waals surface area (Å²) >= 11 is 0. The zero-order valence-electron chi connectivity index (χ0n) is 8.80. The van der Waals surface area contributed by atoms with Crippen molar-refractivity contribution in [1.29, 1.82) is 0 Å². The first kappa shape index (κ1) is 10.8. The van der Waals surface area contributed by atoms with Gasteiger partial charge in [0.05, 0.1) is 25.9 Å². The molecule has 0 radical (unpaired) electrons. The van der Waals surface area contributed by atoms with Gasteiger partial charge in [-0.1, -0.05) is 0 Å². The van der Waals surface area contributed by atoms with Crippen LogP contribution in [0, 0.1) is 0 Å². The van der Waals surface area contributed by atoms with Gasteiger partial charge >= 0.3 is 5.97 Å². The van der Waals surface area contributed by atoms with E-state index in [9.17, 15) is 4.79 Å². The van der Waals surface area contributed by atoms with Crippen LogP contribution >= 0.6 is 0 Å². The summed E-state index contributed by atoms with van der Waals surface area (Å²) < 4.78 is 15.6. The monoisotopic (exact) mass is 224 g/mol. The predicted octanol–water partition coefficient (Wildman–Crippen LogP) is 1.17. The highest BCUT2D eigenvalue weighted by atomic mass is 16.6. The van der Waals surface area contributed by atoms with Crippen LogP contribution in [0.4, 0.5) is 0 Å². The van der Waals surface area contributed by atoms with Gasteiger partial charge in [-0.25, -0.2) is 4.79 Å². The molecule has 0 atom stereocenters. The van der Waals surface area contributed by atoms with E-state index in [1.54, 1.807) is 6.07 Å². The standard InChI is InChI=1S/C11H12O5/c1-14-10-4-7(11(12)13)2-3-9(10)16-8-5-15-6-8/h2-4,8H,5-6H2,1H3,(H,12,13). The van der Waals surface area contributed by atoms with E-state index in [0.29, 0.717) is 24.7 Å².